The summed E-state index contributed by atoms with van der Waals surface area (Å²) in [5.74, 6) is -0.0344. The Morgan fingerprint density at radius 3 is 3.00 bits per heavy atom. The minimum absolute atomic E-state index is 0.204. The van der Waals surface area contributed by atoms with Gasteiger partial charge < -0.3 is 16.2 Å². The molecule has 0 bridgehead atoms. The molecule has 0 aliphatic heterocycles. The number of aromatic nitrogens is 1. The highest BCUT2D eigenvalue weighted by atomic mass is 16.3. The number of hydrogen-bond donors (Lipinski definition) is 3. The van der Waals surface area contributed by atoms with E-state index in [0.29, 0.717) is 5.82 Å². The quantitative estimate of drug-likeness (QED) is 0.622. The first-order valence-corrected chi connectivity index (χ1v) is 4.28. The molecule has 0 saturated carbocycles. The second kappa shape index (κ2) is 4.57. The van der Waals surface area contributed by atoms with Gasteiger partial charge in [-0.25, -0.2) is 4.98 Å². The number of amides is 1. The summed E-state index contributed by atoms with van der Waals surface area (Å²) in [6.45, 7) is 1.79. The summed E-state index contributed by atoms with van der Waals surface area (Å²) in [6, 6.07) is 4.82. The zero-order chi connectivity index (χ0) is 10.6. The Morgan fingerprint density at radius 1 is 1.71 bits per heavy atom. The smallest absolute Gasteiger partial charge is 0.270 e. The molecule has 1 heterocycles. The summed E-state index contributed by atoms with van der Waals surface area (Å²) in [5.41, 5.74) is 5.67. The van der Waals surface area contributed by atoms with Crippen LogP contribution in [0, 0.1) is 0 Å². The van der Waals surface area contributed by atoms with Crippen molar-refractivity contribution in [3.8, 4) is 0 Å². The summed E-state index contributed by atoms with van der Waals surface area (Å²) in [5, 5.41) is 11.5. The number of carbonyl (C=O) groups excluding carboxylic acids is 1. The SMILES string of the molecule is C[C@H](O)CNC(=O)c1cccc(N)n1. The Kier molecular flexibility index (Phi) is 3.41. The molecule has 4 N–H and O–H groups in total. The lowest BCUT2D eigenvalue weighted by Crippen LogP contribution is -2.31. The first kappa shape index (κ1) is 10.5. The second-order valence-corrected chi connectivity index (χ2v) is 3.01. The highest BCUT2D eigenvalue weighted by molar-refractivity contribution is 5.92. The zero-order valence-corrected chi connectivity index (χ0v) is 7.90. The van der Waals surface area contributed by atoms with Gasteiger partial charge in [-0.3, -0.25) is 4.79 Å². The van der Waals surface area contributed by atoms with Gasteiger partial charge in [-0.1, -0.05) is 6.07 Å². The van der Waals surface area contributed by atoms with Gasteiger partial charge in [0.1, 0.15) is 11.5 Å². The fraction of sp³-hybridized carbons (Fsp3) is 0.333. The van der Waals surface area contributed by atoms with Gasteiger partial charge in [-0.05, 0) is 19.1 Å². The molecule has 1 aromatic rings. The van der Waals surface area contributed by atoms with Crippen LogP contribution >= 0.6 is 0 Å². The second-order valence-electron chi connectivity index (χ2n) is 3.01. The van der Waals surface area contributed by atoms with Crippen LogP contribution in [0.15, 0.2) is 18.2 Å². The number of nitrogens with two attached hydrogens (primary N) is 1. The average molecular weight is 195 g/mol. The van der Waals surface area contributed by atoms with E-state index < -0.39 is 6.10 Å². The van der Waals surface area contributed by atoms with E-state index in [2.05, 4.69) is 10.3 Å². The fourth-order valence-electron chi connectivity index (χ4n) is 0.909. The van der Waals surface area contributed by atoms with E-state index in [4.69, 9.17) is 10.8 Å². The van der Waals surface area contributed by atoms with Crippen LogP contribution in [0.5, 0.6) is 0 Å². The number of nitrogens with one attached hydrogen (secondary N) is 1. The van der Waals surface area contributed by atoms with Crippen LogP contribution in [0.4, 0.5) is 5.82 Å². The Hall–Kier alpha value is -1.62. The zero-order valence-electron chi connectivity index (χ0n) is 7.90. The molecule has 0 fully saturated rings. The number of pyridine rings is 1. The van der Waals surface area contributed by atoms with Gasteiger partial charge in [0, 0.05) is 6.54 Å². The molecule has 0 radical (unpaired) electrons. The van der Waals surface area contributed by atoms with Gasteiger partial charge in [0.15, 0.2) is 0 Å². The molecular weight excluding hydrogens is 182 g/mol. The number of hydrogen-bond acceptors (Lipinski definition) is 4. The standard InChI is InChI=1S/C9H13N3O2/c1-6(13)5-11-9(14)7-3-2-4-8(10)12-7/h2-4,6,13H,5H2,1H3,(H2,10,12)(H,11,14)/t6-/m0/s1. The summed E-state index contributed by atoms with van der Waals surface area (Å²) < 4.78 is 0. The topological polar surface area (TPSA) is 88.2 Å². The number of nitrogen functional groups attached to an aromatic ring is 1. The lowest BCUT2D eigenvalue weighted by atomic mass is 10.3. The number of aliphatic hydroxyl groups is 1. The van der Waals surface area contributed by atoms with Crippen molar-refractivity contribution in [1.82, 2.24) is 10.3 Å². The van der Waals surface area contributed by atoms with Crippen molar-refractivity contribution >= 4 is 11.7 Å². The van der Waals surface area contributed by atoms with E-state index in [1.54, 1.807) is 25.1 Å². The maximum atomic E-state index is 11.4. The normalized spacial score (nSPS) is 12.1. The van der Waals surface area contributed by atoms with E-state index in [0.717, 1.165) is 0 Å². The molecule has 14 heavy (non-hydrogen) atoms. The number of nitrogens with zero attached hydrogens (tertiary/aromatic N) is 1. The van der Waals surface area contributed by atoms with Crippen LogP contribution in [0.2, 0.25) is 0 Å². The predicted molar refractivity (Wildman–Crippen MR) is 52.7 cm³/mol. The molecule has 0 unspecified atom stereocenters. The molecule has 76 valence electrons. The van der Waals surface area contributed by atoms with Gasteiger partial charge in [0.05, 0.1) is 6.10 Å². The van der Waals surface area contributed by atoms with Crippen molar-refractivity contribution in [3.63, 3.8) is 0 Å². The molecule has 5 heteroatoms. The molecule has 0 aliphatic carbocycles. The van der Waals surface area contributed by atoms with E-state index in [-0.39, 0.29) is 18.1 Å². The average Bonchev–Trinajstić information content (AvgIpc) is 2.14. The Morgan fingerprint density at radius 2 is 2.43 bits per heavy atom. The lowest BCUT2D eigenvalue weighted by molar-refractivity contribution is 0.0919. The minimum Gasteiger partial charge on any atom is -0.392 e. The first-order valence-electron chi connectivity index (χ1n) is 4.28. The van der Waals surface area contributed by atoms with Crippen LogP contribution in [-0.2, 0) is 0 Å². The van der Waals surface area contributed by atoms with Crippen LogP contribution in [-0.4, -0.2) is 28.6 Å². The van der Waals surface area contributed by atoms with Crippen molar-refractivity contribution in [2.75, 3.05) is 12.3 Å². The highest BCUT2D eigenvalue weighted by Gasteiger charge is 2.07. The molecule has 1 rings (SSSR count). The van der Waals surface area contributed by atoms with Crippen molar-refractivity contribution in [2.24, 2.45) is 0 Å². The van der Waals surface area contributed by atoms with Gasteiger partial charge >= 0.3 is 0 Å². The summed E-state index contributed by atoms with van der Waals surface area (Å²) in [6.07, 6.45) is -0.569. The highest BCUT2D eigenvalue weighted by Crippen LogP contribution is 1.99. The molecule has 0 aliphatic rings. The van der Waals surface area contributed by atoms with Gasteiger partial charge in [-0.2, -0.15) is 0 Å². The van der Waals surface area contributed by atoms with Crippen LogP contribution in [0.1, 0.15) is 17.4 Å². The molecule has 0 spiro atoms. The van der Waals surface area contributed by atoms with Gasteiger partial charge in [0.2, 0.25) is 0 Å². The molecule has 0 aromatic carbocycles. The number of rotatable bonds is 3. The van der Waals surface area contributed by atoms with Crippen molar-refractivity contribution in [2.45, 2.75) is 13.0 Å². The van der Waals surface area contributed by atoms with Crippen LogP contribution < -0.4 is 11.1 Å². The monoisotopic (exact) mass is 195 g/mol. The Bertz CT molecular complexity index is 326. The van der Waals surface area contributed by atoms with E-state index in [1.807, 2.05) is 0 Å². The van der Waals surface area contributed by atoms with Gasteiger partial charge in [-0.15, -0.1) is 0 Å². The van der Waals surface area contributed by atoms with Crippen molar-refractivity contribution in [3.05, 3.63) is 23.9 Å². The Labute approximate surface area is 82.0 Å². The molecule has 1 amide bonds. The van der Waals surface area contributed by atoms with Crippen molar-refractivity contribution < 1.29 is 9.90 Å². The number of carbonyl (C=O) groups is 1. The number of anilines is 1. The third kappa shape index (κ3) is 3.02. The van der Waals surface area contributed by atoms with Gasteiger partial charge in [0.25, 0.3) is 5.91 Å². The first-order chi connectivity index (χ1) is 6.59. The number of aliphatic hydroxyl groups excluding tert-OH is 1. The summed E-state index contributed by atoms with van der Waals surface area (Å²) >= 11 is 0. The third-order valence-electron chi connectivity index (χ3n) is 1.56. The van der Waals surface area contributed by atoms with E-state index in [1.165, 1.54) is 0 Å². The van der Waals surface area contributed by atoms with Crippen LogP contribution in [0.25, 0.3) is 0 Å². The molecule has 0 saturated heterocycles. The minimum atomic E-state index is -0.569. The van der Waals surface area contributed by atoms with E-state index in [9.17, 15) is 4.79 Å². The molecule has 1 atom stereocenters. The lowest BCUT2D eigenvalue weighted by Gasteiger charge is -2.06. The molecule has 5 nitrogen and oxygen atoms in total. The molecular formula is C9H13N3O2. The Balaban J connectivity index is 2.61. The van der Waals surface area contributed by atoms with Crippen LogP contribution in [0.3, 0.4) is 0 Å². The summed E-state index contributed by atoms with van der Waals surface area (Å²) in [4.78, 5) is 15.2. The maximum Gasteiger partial charge on any atom is 0.270 e. The maximum absolute atomic E-state index is 11.4. The largest absolute Gasteiger partial charge is 0.392 e. The van der Waals surface area contributed by atoms with Crippen molar-refractivity contribution in [1.29, 1.82) is 0 Å². The van der Waals surface area contributed by atoms with E-state index >= 15 is 0 Å². The predicted octanol–water partition coefficient (Wildman–Crippen LogP) is -0.226. The molecule has 1 aromatic heterocycles. The third-order valence-corrected chi connectivity index (χ3v) is 1.56. The fourth-order valence-corrected chi connectivity index (χ4v) is 0.909. The summed E-state index contributed by atoms with van der Waals surface area (Å²) in [7, 11) is 0.